The topological polar surface area (TPSA) is 30.7 Å². The summed E-state index contributed by atoms with van der Waals surface area (Å²) < 4.78 is 5.06. The summed E-state index contributed by atoms with van der Waals surface area (Å²) in [7, 11) is 0. The quantitative estimate of drug-likeness (QED) is 0.218. The van der Waals surface area contributed by atoms with Gasteiger partial charge in [0.2, 0.25) is 0 Å². The molecule has 0 aliphatic carbocycles. The lowest BCUT2D eigenvalue weighted by atomic mass is 9.97. The maximum Gasteiger partial charge on any atom is 0.159 e. The van der Waals surface area contributed by atoms with Crippen molar-refractivity contribution in [3.63, 3.8) is 0 Å². The number of para-hydroxylation sites is 1. The zero-order chi connectivity index (χ0) is 27.6. The van der Waals surface area contributed by atoms with Crippen molar-refractivity contribution >= 4 is 64.1 Å². The molecule has 0 spiro atoms. The Balaban J connectivity index is 1.53. The normalized spacial score (nSPS) is 11.8. The summed E-state index contributed by atoms with van der Waals surface area (Å²) in [5.41, 5.74) is 7.03. The van der Waals surface area contributed by atoms with Crippen LogP contribution in [0.25, 0.3) is 81.0 Å². The fourth-order valence-corrected chi connectivity index (χ4v) is 7.69. The molecule has 0 saturated heterocycles. The molecule has 3 aromatic heterocycles. The van der Waals surface area contributed by atoms with Gasteiger partial charge in [-0.15, -0.1) is 11.3 Å². The van der Waals surface area contributed by atoms with E-state index in [9.17, 15) is 0 Å². The first-order valence-electron chi connectivity index (χ1n) is 14.1. The Labute approximate surface area is 246 Å². The van der Waals surface area contributed by atoms with E-state index in [1.807, 2.05) is 29.8 Å². The molecule has 0 unspecified atom stereocenters. The standard InChI is InChI=1S/C38H23N3S/c1-3-10-24(11-4-1)25-17-19-33-31(22-25)35-34-30-23-26(38-39-20-9-21-40-38)16-18-32(30)41(27-12-5-2-6-13-27)36(34)28-14-7-8-15-29(28)37(35)42-33/h1-23H. The molecule has 0 aliphatic rings. The molecule has 0 N–H and O–H groups in total. The third-order valence-electron chi connectivity index (χ3n) is 8.28. The first-order chi connectivity index (χ1) is 20.8. The van der Waals surface area contributed by atoms with E-state index in [4.69, 9.17) is 0 Å². The molecule has 0 amide bonds. The van der Waals surface area contributed by atoms with Gasteiger partial charge in [-0.2, -0.15) is 0 Å². The average Bonchev–Trinajstić information content (AvgIpc) is 3.62. The number of nitrogens with zero attached hydrogens (tertiary/aromatic N) is 3. The first kappa shape index (κ1) is 23.4. The van der Waals surface area contributed by atoms with Gasteiger partial charge in [0.25, 0.3) is 0 Å². The number of hydrogen-bond donors (Lipinski definition) is 0. The zero-order valence-corrected chi connectivity index (χ0v) is 23.3. The van der Waals surface area contributed by atoms with E-state index in [0.29, 0.717) is 0 Å². The Bertz CT molecular complexity index is 2440. The maximum atomic E-state index is 4.58. The molecule has 0 aliphatic heterocycles. The monoisotopic (exact) mass is 553 g/mol. The fourth-order valence-electron chi connectivity index (χ4n) is 6.47. The van der Waals surface area contributed by atoms with Crippen molar-refractivity contribution in [1.82, 2.24) is 14.5 Å². The summed E-state index contributed by atoms with van der Waals surface area (Å²) >= 11 is 1.89. The molecular weight excluding hydrogens is 531 g/mol. The Morgan fingerprint density at radius 2 is 1.19 bits per heavy atom. The molecule has 6 aromatic carbocycles. The van der Waals surface area contributed by atoms with Crippen molar-refractivity contribution in [2.24, 2.45) is 0 Å². The Morgan fingerprint density at radius 3 is 2.00 bits per heavy atom. The van der Waals surface area contributed by atoms with Gasteiger partial charge < -0.3 is 4.57 Å². The van der Waals surface area contributed by atoms with E-state index in [0.717, 1.165) is 17.1 Å². The molecule has 0 fully saturated rings. The summed E-state index contributed by atoms with van der Waals surface area (Å²) in [6.07, 6.45) is 3.62. The molecule has 0 bridgehead atoms. The van der Waals surface area contributed by atoms with Gasteiger partial charge in [0.1, 0.15) is 0 Å². The number of rotatable bonds is 3. The molecule has 9 rings (SSSR count). The predicted octanol–water partition coefficient (Wildman–Crippen LogP) is 10.4. The number of hydrogen-bond acceptors (Lipinski definition) is 3. The molecule has 9 aromatic rings. The summed E-state index contributed by atoms with van der Waals surface area (Å²) in [4.78, 5) is 9.16. The highest BCUT2D eigenvalue weighted by Gasteiger charge is 2.22. The van der Waals surface area contributed by atoms with Crippen LogP contribution in [0.1, 0.15) is 0 Å². The highest BCUT2D eigenvalue weighted by molar-refractivity contribution is 7.27. The first-order valence-corrected chi connectivity index (χ1v) is 14.9. The van der Waals surface area contributed by atoms with E-state index < -0.39 is 0 Å². The second kappa shape index (κ2) is 9.10. The van der Waals surface area contributed by atoms with Gasteiger partial charge in [0, 0.05) is 65.4 Å². The Kier molecular flexibility index (Phi) is 5.07. The molecular formula is C38H23N3S. The third kappa shape index (κ3) is 3.39. The molecule has 0 saturated carbocycles. The van der Waals surface area contributed by atoms with Gasteiger partial charge in [-0.05, 0) is 59.7 Å². The van der Waals surface area contributed by atoms with Gasteiger partial charge in [-0.3, -0.25) is 0 Å². The van der Waals surface area contributed by atoms with Crippen molar-refractivity contribution in [3.05, 3.63) is 140 Å². The van der Waals surface area contributed by atoms with Crippen molar-refractivity contribution in [1.29, 1.82) is 0 Å². The van der Waals surface area contributed by atoms with Crippen LogP contribution in [-0.4, -0.2) is 14.5 Å². The molecule has 0 atom stereocenters. The van der Waals surface area contributed by atoms with Crippen LogP contribution in [0.2, 0.25) is 0 Å². The number of aromatic nitrogens is 3. The van der Waals surface area contributed by atoms with Crippen molar-refractivity contribution in [3.8, 4) is 28.2 Å². The van der Waals surface area contributed by atoms with Crippen LogP contribution >= 0.6 is 11.3 Å². The van der Waals surface area contributed by atoms with E-state index in [1.165, 1.54) is 63.9 Å². The molecule has 3 heterocycles. The van der Waals surface area contributed by atoms with Gasteiger partial charge in [0.05, 0.1) is 11.0 Å². The van der Waals surface area contributed by atoms with Crippen LogP contribution in [0.15, 0.2) is 140 Å². The van der Waals surface area contributed by atoms with Crippen LogP contribution in [0, 0.1) is 0 Å². The lowest BCUT2D eigenvalue weighted by molar-refractivity contribution is 1.17. The van der Waals surface area contributed by atoms with Crippen LogP contribution in [0.5, 0.6) is 0 Å². The molecule has 0 radical (unpaired) electrons. The summed E-state index contributed by atoms with van der Waals surface area (Å²) in [6, 6.07) is 45.7. The van der Waals surface area contributed by atoms with Crippen molar-refractivity contribution in [2.75, 3.05) is 0 Å². The molecule has 4 heteroatoms. The Morgan fingerprint density at radius 1 is 0.500 bits per heavy atom. The average molecular weight is 554 g/mol. The second-order valence-electron chi connectivity index (χ2n) is 10.6. The van der Waals surface area contributed by atoms with Crippen LogP contribution in [0.3, 0.4) is 0 Å². The van der Waals surface area contributed by atoms with E-state index in [-0.39, 0.29) is 0 Å². The number of fused-ring (bicyclic) bond motifs is 10. The largest absolute Gasteiger partial charge is 0.309 e. The minimum atomic E-state index is 0.735. The van der Waals surface area contributed by atoms with Gasteiger partial charge in [-0.1, -0.05) is 78.9 Å². The zero-order valence-electron chi connectivity index (χ0n) is 22.5. The lowest BCUT2D eigenvalue weighted by Crippen LogP contribution is -1.94. The molecule has 196 valence electrons. The number of thiophene rings is 1. The van der Waals surface area contributed by atoms with Gasteiger partial charge >= 0.3 is 0 Å². The van der Waals surface area contributed by atoms with Crippen molar-refractivity contribution < 1.29 is 0 Å². The predicted molar refractivity (Wildman–Crippen MR) is 178 cm³/mol. The Hall–Kier alpha value is -5.32. The smallest absolute Gasteiger partial charge is 0.159 e. The van der Waals surface area contributed by atoms with Gasteiger partial charge in [0.15, 0.2) is 5.82 Å². The minimum Gasteiger partial charge on any atom is -0.309 e. The number of benzene rings is 6. The van der Waals surface area contributed by atoms with Crippen LogP contribution in [0.4, 0.5) is 0 Å². The SMILES string of the molecule is c1ccc(-c2ccc3sc4c5ccccc5c5c(c6cc(-c7ncccn7)ccc6n5-c5ccccc5)c4c3c2)cc1. The van der Waals surface area contributed by atoms with Gasteiger partial charge in [-0.25, -0.2) is 9.97 Å². The molecule has 42 heavy (non-hydrogen) atoms. The highest BCUT2D eigenvalue weighted by atomic mass is 32.1. The minimum absolute atomic E-state index is 0.735. The van der Waals surface area contributed by atoms with Crippen molar-refractivity contribution in [2.45, 2.75) is 0 Å². The fraction of sp³-hybridized carbons (Fsp3) is 0. The lowest BCUT2D eigenvalue weighted by Gasteiger charge is -2.11. The van der Waals surface area contributed by atoms with E-state index in [1.54, 1.807) is 0 Å². The van der Waals surface area contributed by atoms with E-state index in [2.05, 4.69) is 136 Å². The maximum absolute atomic E-state index is 4.58. The summed E-state index contributed by atoms with van der Waals surface area (Å²) in [5, 5.41) is 7.63. The third-order valence-corrected chi connectivity index (χ3v) is 9.48. The van der Waals surface area contributed by atoms with Crippen LogP contribution < -0.4 is 0 Å². The molecule has 3 nitrogen and oxygen atoms in total. The van der Waals surface area contributed by atoms with E-state index >= 15 is 0 Å². The summed E-state index contributed by atoms with van der Waals surface area (Å²) in [5.74, 6) is 0.735. The van der Waals surface area contributed by atoms with Crippen LogP contribution in [-0.2, 0) is 0 Å². The summed E-state index contributed by atoms with van der Waals surface area (Å²) in [6.45, 7) is 0. The second-order valence-corrected chi connectivity index (χ2v) is 11.7. The highest BCUT2D eigenvalue weighted by Crippen LogP contribution is 2.49.